The van der Waals surface area contributed by atoms with Gasteiger partial charge in [0.1, 0.15) is 0 Å². The largest absolute Gasteiger partial charge is 0.309 e. The molecule has 0 saturated carbocycles. The summed E-state index contributed by atoms with van der Waals surface area (Å²) >= 11 is 0. The first-order valence-corrected chi connectivity index (χ1v) is 23.1. The van der Waals surface area contributed by atoms with Crippen LogP contribution in [0.3, 0.4) is 0 Å². The number of fused-ring (bicyclic) bond motifs is 9. The van der Waals surface area contributed by atoms with Crippen molar-refractivity contribution < 1.29 is 0 Å². The lowest BCUT2D eigenvalue weighted by Gasteiger charge is -2.42. The Hall–Kier alpha value is -7.89. The number of nitrogens with zero attached hydrogens (tertiary/aromatic N) is 5. The van der Waals surface area contributed by atoms with Crippen molar-refractivity contribution in [3.8, 4) is 45.5 Å². The minimum atomic E-state index is 0.109. The minimum Gasteiger partial charge on any atom is -0.309 e. The molecule has 0 atom stereocenters. The van der Waals surface area contributed by atoms with Crippen molar-refractivity contribution in [1.29, 1.82) is 0 Å². The Labute approximate surface area is 383 Å². The van der Waals surface area contributed by atoms with Gasteiger partial charge in [-0.2, -0.15) is 0 Å². The Morgan fingerprint density at radius 2 is 0.879 bits per heavy atom. The quantitative estimate of drug-likeness (QED) is 0.173. The van der Waals surface area contributed by atoms with Gasteiger partial charge in [-0.15, -0.1) is 0 Å². The fraction of sp³-hybridized carbons (Fsp3) is 0.131. The second kappa shape index (κ2) is 14.3. The SMILES string of the molecule is CC1(C)CCC(C)(C)c2cc3c(cc21)c1ccccc1n3-c1ccc2cc(-c3nc(-c4ccc5c(c4)c4ccccc4n5-c4ccccc4)nc(-c4cccc5ccccc45)n3)ccc2c1. The van der Waals surface area contributed by atoms with Crippen molar-refractivity contribution in [1.82, 2.24) is 24.1 Å². The third-order valence-corrected chi connectivity index (χ3v) is 14.6. The van der Waals surface area contributed by atoms with Gasteiger partial charge in [0.25, 0.3) is 0 Å². The van der Waals surface area contributed by atoms with Gasteiger partial charge in [0, 0.05) is 49.6 Å². The molecule has 0 spiro atoms. The van der Waals surface area contributed by atoms with Gasteiger partial charge in [-0.05, 0) is 129 Å². The summed E-state index contributed by atoms with van der Waals surface area (Å²) in [5.74, 6) is 1.92. The lowest BCUT2D eigenvalue weighted by atomic mass is 9.63. The average molecular weight is 850 g/mol. The first-order chi connectivity index (χ1) is 32.2. The Kier molecular flexibility index (Phi) is 8.36. The van der Waals surface area contributed by atoms with E-state index in [0.717, 1.165) is 66.0 Å². The van der Waals surface area contributed by atoms with Crippen LogP contribution in [-0.2, 0) is 10.8 Å². The standard InChI is InChI=1S/C61H47N5/c1-60(2)31-32-61(3,4)52-37-56-50(36-51(52)60)47-21-11-13-24-54(47)66(56)44-29-27-39-33-41(26-25-40(39)34-44)57-62-58(64-59(63-57)48-22-14-16-38-15-8-9-19-45(38)48)42-28-30-55-49(35-42)46-20-10-12-23-53(46)65(55)43-17-6-5-7-18-43/h5-30,33-37H,31-32H2,1-4H3. The van der Waals surface area contributed by atoms with Gasteiger partial charge in [-0.25, -0.2) is 15.0 Å². The molecule has 13 rings (SSSR count). The van der Waals surface area contributed by atoms with Crippen molar-refractivity contribution in [3.63, 3.8) is 0 Å². The second-order valence-electron chi connectivity index (χ2n) is 19.5. The highest BCUT2D eigenvalue weighted by Crippen LogP contribution is 2.49. The van der Waals surface area contributed by atoms with Crippen LogP contribution in [0.15, 0.2) is 188 Å². The van der Waals surface area contributed by atoms with E-state index in [2.05, 4.69) is 225 Å². The minimum absolute atomic E-state index is 0.109. The molecule has 0 N–H and O–H groups in total. The summed E-state index contributed by atoms with van der Waals surface area (Å²) in [4.78, 5) is 15.8. The van der Waals surface area contributed by atoms with E-state index in [1.165, 1.54) is 51.2 Å². The summed E-state index contributed by atoms with van der Waals surface area (Å²) in [7, 11) is 0. The van der Waals surface area contributed by atoms with Crippen LogP contribution in [0.25, 0.3) is 111 Å². The van der Waals surface area contributed by atoms with Crippen LogP contribution in [0.5, 0.6) is 0 Å². The molecule has 0 saturated heterocycles. The predicted molar refractivity (Wildman–Crippen MR) is 275 cm³/mol. The zero-order valence-electron chi connectivity index (χ0n) is 37.5. The van der Waals surface area contributed by atoms with E-state index in [-0.39, 0.29) is 10.8 Å². The topological polar surface area (TPSA) is 48.5 Å². The third kappa shape index (κ3) is 5.96. The number of hydrogen-bond acceptors (Lipinski definition) is 3. The highest BCUT2D eigenvalue weighted by Gasteiger charge is 2.38. The van der Waals surface area contributed by atoms with Crippen LogP contribution in [0, 0.1) is 0 Å². The Bertz CT molecular complexity index is 3940. The first kappa shape index (κ1) is 38.6. The summed E-state index contributed by atoms with van der Waals surface area (Å²) in [6.07, 6.45) is 2.37. The zero-order chi connectivity index (χ0) is 44.3. The van der Waals surface area contributed by atoms with Crippen LogP contribution in [0.1, 0.15) is 51.7 Å². The van der Waals surface area contributed by atoms with E-state index in [0.29, 0.717) is 17.5 Å². The molecule has 5 heteroatoms. The fourth-order valence-electron chi connectivity index (χ4n) is 11.0. The number of rotatable bonds is 5. The molecule has 3 heterocycles. The summed E-state index contributed by atoms with van der Waals surface area (Å²) < 4.78 is 4.81. The third-order valence-electron chi connectivity index (χ3n) is 14.6. The molecule has 1 aliphatic rings. The van der Waals surface area contributed by atoms with Crippen LogP contribution < -0.4 is 0 Å². The molecule has 0 unspecified atom stereocenters. The maximum absolute atomic E-state index is 5.29. The highest BCUT2D eigenvalue weighted by molar-refractivity contribution is 6.11. The Morgan fingerprint density at radius 1 is 0.348 bits per heavy atom. The Morgan fingerprint density at radius 3 is 1.62 bits per heavy atom. The van der Waals surface area contributed by atoms with Crippen LogP contribution in [0.4, 0.5) is 0 Å². The van der Waals surface area contributed by atoms with E-state index in [4.69, 9.17) is 15.0 Å². The molecule has 0 aliphatic heterocycles. The molecule has 0 bridgehead atoms. The monoisotopic (exact) mass is 849 g/mol. The zero-order valence-corrected chi connectivity index (χ0v) is 37.5. The van der Waals surface area contributed by atoms with Gasteiger partial charge in [0.05, 0.1) is 22.1 Å². The van der Waals surface area contributed by atoms with E-state index in [9.17, 15) is 0 Å². The highest BCUT2D eigenvalue weighted by atomic mass is 15.0. The van der Waals surface area contributed by atoms with Gasteiger partial charge in [-0.1, -0.05) is 143 Å². The number of para-hydroxylation sites is 3. The molecule has 3 aromatic heterocycles. The van der Waals surface area contributed by atoms with Crippen molar-refractivity contribution in [2.75, 3.05) is 0 Å². The van der Waals surface area contributed by atoms with Crippen LogP contribution >= 0.6 is 0 Å². The van der Waals surface area contributed by atoms with Gasteiger partial charge in [0.15, 0.2) is 17.5 Å². The first-order valence-electron chi connectivity index (χ1n) is 23.1. The number of benzene rings is 9. The summed E-state index contributed by atoms with van der Waals surface area (Å²) in [5.41, 5.74) is 13.1. The number of aromatic nitrogens is 5. The summed E-state index contributed by atoms with van der Waals surface area (Å²) in [6, 6.07) is 68.0. The van der Waals surface area contributed by atoms with E-state index in [1.807, 2.05) is 0 Å². The van der Waals surface area contributed by atoms with Crippen molar-refractivity contribution in [2.45, 2.75) is 51.4 Å². The molecule has 1 aliphatic carbocycles. The molecule has 66 heavy (non-hydrogen) atoms. The fourth-order valence-corrected chi connectivity index (χ4v) is 11.0. The van der Waals surface area contributed by atoms with Gasteiger partial charge in [-0.3, -0.25) is 0 Å². The average Bonchev–Trinajstić information content (AvgIpc) is 3.87. The smallest absolute Gasteiger partial charge is 0.164 e. The molecule has 12 aromatic rings. The molecule has 316 valence electrons. The van der Waals surface area contributed by atoms with Gasteiger partial charge >= 0.3 is 0 Å². The molecule has 5 nitrogen and oxygen atoms in total. The molecular formula is C61H47N5. The van der Waals surface area contributed by atoms with Crippen molar-refractivity contribution >= 4 is 65.2 Å². The van der Waals surface area contributed by atoms with Crippen molar-refractivity contribution in [3.05, 3.63) is 199 Å². The van der Waals surface area contributed by atoms with Crippen molar-refractivity contribution in [2.24, 2.45) is 0 Å². The van der Waals surface area contributed by atoms with E-state index >= 15 is 0 Å². The molecule has 0 radical (unpaired) electrons. The van der Waals surface area contributed by atoms with Gasteiger partial charge in [0.2, 0.25) is 0 Å². The van der Waals surface area contributed by atoms with Gasteiger partial charge < -0.3 is 9.13 Å². The second-order valence-corrected chi connectivity index (χ2v) is 19.5. The maximum Gasteiger partial charge on any atom is 0.164 e. The normalized spacial score (nSPS) is 14.5. The maximum atomic E-state index is 5.29. The molecular weight excluding hydrogens is 803 g/mol. The molecule has 0 amide bonds. The van der Waals surface area contributed by atoms with Crippen LogP contribution in [0.2, 0.25) is 0 Å². The summed E-state index contributed by atoms with van der Waals surface area (Å²) in [6.45, 7) is 9.66. The van der Waals surface area contributed by atoms with E-state index < -0.39 is 0 Å². The van der Waals surface area contributed by atoms with E-state index in [1.54, 1.807) is 0 Å². The number of hydrogen-bond donors (Lipinski definition) is 0. The van der Waals surface area contributed by atoms with Crippen LogP contribution in [-0.4, -0.2) is 24.1 Å². The predicted octanol–water partition coefficient (Wildman–Crippen LogP) is 15.7. The molecule has 9 aromatic carbocycles. The summed E-state index contributed by atoms with van der Waals surface area (Å²) in [5, 5.41) is 9.48. The lowest BCUT2D eigenvalue weighted by molar-refractivity contribution is 0.332. The Balaban J connectivity index is 0.968. The lowest BCUT2D eigenvalue weighted by Crippen LogP contribution is -2.33. The molecule has 0 fully saturated rings.